The van der Waals surface area contributed by atoms with E-state index in [-0.39, 0.29) is 0 Å². The van der Waals surface area contributed by atoms with Gasteiger partial charge in [-0.1, -0.05) is 29.8 Å². The zero-order valence-corrected chi connectivity index (χ0v) is 15.4. The highest BCUT2D eigenvalue weighted by Gasteiger charge is 2.07. The van der Waals surface area contributed by atoms with Crippen molar-refractivity contribution in [2.75, 3.05) is 0 Å². The van der Waals surface area contributed by atoms with Gasteiger partial charge in [-0.2, -0.15) is 0 Å². The van der Waals surface area contributed by atoms with E-state index in [1.807, 2.05) is 23.5 Å². The third kappa shape index (κ3) is 4.83. The first kappa shape index (κ1) is 16.5. The molecule has 0 unspecified atom stereocenters. The number of benzene rings is 1. The maximum atomic E-state index is 5.91. The van der Waals surface area contributed by atoms with Gasteiger partial charge in [-0.3, -0.25) is 0 Å². The molecule has 0 saturated heterocycles. The monoisotopic (exact) mass is 367 g/mol. The average molecular weight is 368 g/mol. The Morgan fingerprint density at radius 1 is 1.24 bits per heavy atom. The van der Waals surface area contributed by atoms with Crippen LogP contribution >= 0.6 is 27.3 Å². The van der Waals surface area contributed by atoms with Crippen molar-refractivity contribution in [3.63, 3.8) is 0 Å². The standard InChI is InChI=1S/C17H22BrNOS/c1-11(2)19-9-16-8-14(13(4)21-16)10-20-15-5-6-17(18)12(3)7-15/h5-8,11,19H,9-10H2,1-4H3. The molecule has 0 saturated carbocycles. The van der Waals surface area contributed by atoms with Crippen LogP contribution < -0.4 is 10.1 Å². The predicted molar refractivity (Wildman–Crippen MR) is 94.2 cm³/mol. The van der Waals surface area contributed by atoms with Crippen LogP contribution in [0.1, 0.15) is 34.7 Å². The van der Waals surface area contributed by atoms with E-state index < -0.39 is 0 Å². The fourth-order valence-corrected chi connectivity index (χ4v) is 3.24. The van der Waals surface area contributed by atoms with Crippen molar-refractivity contribution in [2.24, 2.45) is 0 Å². The maximum Gasteiger partial charge on any atom is 0.120 e. The Hall–Kier alpha value is -0.840. The highest BCUT2D eigenvalue weighted by Crippen LogP contribution is 2.25. The van der Waals surface area contributed by atoms with E-state index in [0.29, 0.717) is 12.6 Å². The predicted octanol–water partition coefficient (Wildman–Crippen LogP) is 5.20. The van der Waals surface area contributed by atoms with Gasteiger partial charge < -0.3 is 10.1 Å². The summed E-state index contributed by atoms with van der Waals surface area (Å²) in [5.41, 5.74) is 2.47. The smallest absolute Gasteiger partial charge is 0.120 e. The van der Waals surface area contributed by atoms with Crippen LogP contribution in [0.5, 0.6) is 5.75 Å². The first-order valence-corrected chi connectivity index (χ1v) is 8.77. The molecule has 2 aromatic rings. The van der Waals surface area contributed by atoms with Crippen molar-refractivity contribution < 1.29 is 4.74 Å². The normalized spacial score (nSPS) is 11.1. The lowest BCUT2D eigenvalue weighted by Gasteiger charge is -2.07. The minimum atomic E-state index is 0.512. The number of hydrogen-bond donors (Lipinski definition) is 1. The van der Waals surface area contributed by atoms with Crippen LogP contribution in [-0.4, -0.2) is 6.04 Å². The molecule has 0 spiro atoms. The van der Waals surface area contributed by atoms with E-state index in [4.69, 9.17) is 4.74 Å². The number of rotatable bonds is 6. The molecule has 4 heteroatoms. The molecule has 114 valence electrons. The molecule has 1 aromatic carbocycles. The number of halogens is 1. The van der Waals surface area contributed by atoms with Gasteiger partial charge in [0.2, 0.25) is 0 Å². The van der Waals surface area contributed by atoms with Gasteiger partial charge in [0.1, 0.15) is 12.4 Å². The molecule has 21 heavy (non-hydrogen) atoms. The summed E-state index contributed by atoms with van der Waals surface area (Å²) >= 11 is 5.36. The Morgan fingerprint density at radius 2 is 2.00 bits per heavy atom. The quantitative estimate of drug-likeness (QED) is 0.756. The van der Waals surface area contributed by atoms with Crippen molar-refractivity contribution in [2.45, 2.75) is 46.9 Å². The summed E-state index contributed by atoms with van der Waals surface area (Å²) in [6, 6.07) is 8.86. The van der Waals surface area contributed by atoms with E-state index in [1.165, 1.54) is 20.9 Å². The van der Waals surface area contributed by atoms with E-state index >= 15 is 0 Å². The van der Waals surface area contributed by atoms with Crippen LogP contribution in [0.15, 0.2) is 28.7 Å². The van der Waals surface area contributed by atoms with E-state index in [0.717, 1.165) is 16.8 Å². The van der Waals surface area contributed by atoms with Crippen LogP contribution in [-0.2, 0) is 13.2 Å². The molecule has 0 fully saturated rings. The third-order valence-electron chi connectivity index (χ3n) is 3.28. The number of ether oxygens (including phenoxy) is 1. The Kier molecular flexibility index (Phi) is 5.85. The lowest BCUT2D eigenvalue weighted by Crippen LogP contribution is -2.21. The van der Waals surface area contributed by atoms with Gasteiger partial charge in [-0.25, -0.2) is 0 Å². The molecule has 1 N–H and O–H groups in total. The Morgan fingerprint density at radius 3 is 2.67 bits per heavy atom. The second kappa shape index (κ2) is 7.43. The molecule has 1 heterocycles. The van der Waals surface area contributed by atoms with Crippen molar-refractivity contribution in [1.82, 2.24) is 5.32 Å². The van der Waals surface area contributed by atoms with Gasteiger partial charge in [0, 0.05) is 32.4 Å². The van der Waals surface area contributed by atoms with Gasteiger partial charge in [-0.05, 0) is 43.7 Å². The molecule has 1 aromatic heterocycles. The van der Waals surface area contributed by atoms with Crippen LogP contribution in [0.2, 0.25) is 0 Å². The molecule has 2 nitrogen and oxygen atoms in total. The summed E-state index contributed by atoms with van der Waals surface area (Å²) in [5, 5.41) is 3.45. The number of nitrogens with one attached hydrogen (secondary N) is 1. The van der Waals surface area contributed by atoms with E-state index in [2.05, 4.69) is 61.1 Å². The minimum Gasteiger partial charge on any atom is -0.489 e. The molecular weight excluding hydrogens is 346 g/mol. The lowest BCUT2D eigenvalue weighted by atomic mass is 10.2. The maximum absolute atomic E-state index is 5.91. The van der Waals surface area contributed by atoms with Crippen molar-refractivity contribution in [1.29, 1.82) is 0 Å². The van der Waals surface area contributed by atoms with Crippen LogP contribution in [0.4, 0.5) is 0 Å². The van der Waals surface area contributed by atoms with Crippen LogP contribution in [0.3, 0.4) is 0 Å². The summed E-state index contributed by atoms with van der Waals surface area (Å²) in [5.74, 6) is 0.920. The van der Waals surface area contributed by atoms with Gasteiger partial charge >= 0.3 is 0 Å². The fourth-order valence-electron chi connectivity index (χ4n) is 1.99. The molecule has 0 bridgehead atoms. The van der Waals surface area contributed by atoms with Gasteiger partial charge in [0.15, 0.2) is 0 Å². The molecule has 2 rings (SSSR count). The summed E-state index contributed by atoms with van der Waals surface area (Å²) in [6.45, 7) is 10.1. The Bertz CT molecular complexity index is 607. The van der Waals surface area contributed by atoms with Crippen molar-refractivity contribution >= 4 is 27.3 Å². The Labute approximate surface area is 139 Å². The molecule has 0 radical (unpaired) electrons. The third-order valence-corrected chi connectivity index (χ3v) is 5.26. The fraction of sp³-hybridized carbons (Fsp3) is 0.412. The summed E-state index contributed by atoms with van der Waals surface area (Å²) < 4.78 is 7.03. The average Bonchev–Trinajstić information content (AvgIpc) is 2.78. The topological polar surface area (TPSA) is 21.3 Å². The van der Waals surface area contributed by atoms with Crippen molar-refractivity contribution in [3.8, 4) is 5.75 Å². The van der Waals surface area contributed by atoms with Crippen LogP contribution in [0, 0.1) is 13.8 Å². The molecule has 0 aliphatic heterocycles. The molecule has 0 atom stereocenters. The summed E-state index contributed by atoms with van der Waals surface area (Å²) in [6.07, 6.45) is 0. The molecule has 0 aliphatic rings. The second-order valence-electron chi connectivity index (χ2n) is 5.53. The van der Waals surface area contributed by atoms with Crippen LogP contribution in [0.25, 0.3) is 0 Å². The second-order valence-corrected chi connectivity index (χ2v) is 7.72. The largest absolute Gasteiger partial charge is 0.489 e. The van der Waals surface area contributed by atoms with Crippen molar-refractivity contribution in [3.05, 3.63) is 49.6 Å². The first-order chi connectivity index (χ1) is 9.95. The zero-order valence-electron chi connectivity index (χ0n) is 13.0. The highest BCUT2D eigenvalue weighted by molar-refractivity contribution is 9.10. The van der Waals surface area contributed by atoms with Gasteiger partial charge in [-0.15, -0.1) is 11.3 Å². The molecule has 0 amide bonds. The SMILES string of the molecule is Cc1cc(OCc2cc(CNC(C)C)sc2C)ccc1Br. The Balaban J connectivity index is 1.97. The van der Waals surface area contributed by atoms with Gasteiger partial charge in [0.25, 0.3) is 0 Å². The molecule has 0 aliphatic carbocycles. The number of aryl methyl sites for hydroxylation is 2. The lowest BCUT2D eigenvalue weighted by molar-refractivity contribution is 0.305. The number of hydrogen-bond acceptors (Lipinski definition) is 3. The van der Waals surface area contributed by atoms with Gasteiger partial charge in [0.05, 0.1) is 0 Å². The summed E-state index contributed by atoms with van der Waals surface area (Å²) in [7, 11) is 0. The molecular formula is C17H22BrNOS. The minimum absolute atomic E-state index is 0.512. The first-order valence-electron chi connectivity index (χ1n) is 7.16. The van der Waals surface area contributed by atoms with E-state index in [1.54, 1.807) is 0 Å². The van der Waals surface area contributed by atoms with E-state index in [9.17, 15) is 0 Å². The highest BCUT2D eigenvalue weighted by atomic mass is 79.9. The zero-order chi connectivity index (χ0) is 15.4. The number of thiophene rings is 1. The summed E-state index contributed by atoms with van der Waals surface area (Å²) in [4.78, 5) is 2.70.